The molecule has 0 aliphatic carbocycles. The SMILES string of the molecule is Cc1ccc(C(=O)O)cc1NC(=O)C(C)(C)Br. The van der Waals surface area contributed by atoms with E-state index in [1.54, 1.807) is 19.9 Å². The molecule has 1 aromatic rings. The monoisotopic (exact) mass is 299 g/mol. The summed E-state index contributed by atoms with van der Waals surface area (Å²) in [6.07, 6.45) is 0. The lowest BCUT2D eigenvalue weighted by Crippen LogP contribution is -2.31. The summed E-state index contributed by atoms with van der Waals surface area (Å²) in [6.45, 7) is 5.25. The molecule has 0 aliphatic rings. The summed E-state index contributed by atoms with van der Waals surface area (Å²) in [5.41, 5.74) is 1.49. The molecule has 0 heterocycles. The fourth-order valence-electron chi connectivity index (χ4n) is 1.16. The van der Waals surface area contributed by atoms with Crippen LogP contribution in [0.25, 0.3) is 0 Å². The maximum atomic E-state index is 11.8. The van der Waals surface area contributed by atoms with Gasteiger partial charge in [-0.3, -0.25) is 4.79 Å². The third kappa shape index (κ3) is 3.56. The summed E-state index contributed by atoms with van der Waals surface area (Å²) in [6, 6.07) is 4.63. The van der Waals surface area contributed by atoms with Crippen LogP contribution in [0.15, 0.2) is 18.2 Å². The van der Waals surface area contributed by atoms with Gasteiger partial charge >= 0.3 is 5.97 Å². The van der Waals surface area contributed by atoms with Crippen LogP contribution in [0, 0.1) is 6.92 Å². The van der Waals surface area contributed by atoms with Crippen LogP contribution >= 0.6 is 15.9 Å². The maximum absolute atomic E-state index is 11.8. The zero-order chi connectivity index (χ0) is 13.2. The molecule has 1 aromatic carbocycles. The molecular weight excluding hydrogens is 286 g/mol. The Morgan fingerprint density at radius 1 is 1.35 bits per heavy atom. The second-order valence-electron chi connectivity index (χ2n) is 4.26. The Kier molecular flexibility index (Phi) is 3.93. The van der Waals surface area contributed by atoms with Crippen molar-refractivity contribution < 1.29 is 14.7 Å². The quantitative estimate of drug-likeness (QED) is 0.844. The third-order valence-electron chi connectivity index (χ3n) is 2.27. The number of carboxylic acid groups (broad SMARTS) is 1. The molecule has 0 aliphatic heterocycles. The lowest BCUT2D eigenvalue weighted by atomic mass is 10.1. The first-order valence-electron chi connectivity index (χ1n) is 5.06. The van der Waals surface area contributed by atoms with Crippen molar-refractivity contribution >= 4 is 33.5 Å². The van der Waals surface area contributed by atoms with Crippen molar-refractivity contribution in [1.29, 1.82) is 0 Å². The molecule has 0 fully saturated rings. The fourth-order valence-corrected chi connectivity index (χ4v) is 1.26. The largest absolute Gasteiger partial charge is 0.478 e. The predicted molar refractivity (Wildman–Crippen MR) is 69.8 cm³/mol. The van der Waals surface area contributed by atoms with Crippen molar-refractivity contribution in [2.75, 3.05) is 5.32 Å². The molecule has 92 valence electrons. The molecule has 1 rings (SSSR count). The zero-order valence-electron chi connectivity index (χ0n) is 9.87. The summed E-state index contributed by atoms with van der Waals surface area (Å²) in [7, 11) is 0. The summed E-state index contributed by atoms with van der Waals surface area (Å²) in [4.78, 5) is 22.6. The summed E-state index contributed by atoms with van der Waals surface area (Å²) in [5, 5.41) is 11.6. The number of aryl methyl sites for hydroxylation is 1. The first kappa shape index (κ1) is 13.7. The van der Waals surface area contributed by atoms with Gasteiger partial charge in [0.15, 0.2) is 0 Å². The van der Waals surface area contributed by atoms with E-state index in [-0.39, 0.29) is 11.5 Å². The van der Waals surface area contributed by atoms with Crippen molar-refractivity contribution in [3.63, 3.8) is 0 Å². The summed E-state index contributed by atoms with van der Waals surface area (Å²) < 4.78 is -0.696. The van der Waals surface area contributed by atoms with Crippen LogP contribution in [0.1, 0.15) is 29.8 Å². The highest BCUT2D eigenvalue weighted by atomic mass is 79.9. The van der Waals surface area contributed by atoms with Gasteiger partial charge in [0.2, 0.25) is 5.91 Å². The van der Waals surface area contributed by atoms with Crippen molar-refractivity contribution in [2.45, 2.75) is 25.1 Å². The van der Waals surface area contributed by atoms with E-state index in [1.807, 2.05) is 6.92 Å². The van der Waals surface area contributed by atoms with E-state index in [0.717, 1.165) is 5.56 Å². The third-order valence-corrected chi connectivity index (χ3v) is 2.63. The first-order valence-corrected chi connectivity index (χ1v) is 5.85. The van der Waals surface area contributed by atoms with E-state index < -0.39 is 10.3 Å². The van der Waals surface area contributed by atoms with E-state index >= 15 is 0 Å². The molecule has 5 heteroatoms. The van der Waals surface area contributed by atoms with Gasteiger partial charge in [0.25, 0.3) is 0 Å². The second kappa shape index (κ2) is 4.87. The number of amides is 1. The van der Waals surface area contributed by atoms with Crippen LogP contribution in [-0.2, 0) is 4.79 Å². The fraction of sp³-hybridized carbons (Fsp3) is 0.333. The standard InChI is InChI=1S/C12H14BrNO3/c1-7-4-5-8(10(15)16)6-9(7)14-11(17)12(2,3)13/h4-6H,1-3H3,(H,14,17)(H,15,16). The van der Waals surface area contributed by atoms with Crippen molar-refractivity contribution in [1.82, 2.24) is 0 Å². The number of carbonyl (C=O) groups excluding carboxylic acids is 1. The number of nitrogens with one attached hydrogen (secondary N) is 1. The molecule has 1 amide bonds. The van der Waals surface area contributed by atoms with Gasteiger partial charge in [-0.25, -0.2) is 4.79 Å². The van der Waals surface area contributed by atoms with E-state index in [0.29, 0.717) is 5.69 Å². The molecule has 0 bridgehead atoms. The molecule has 0 radical (unpaired) electrons. The zero-order valence-corrected chi connectivity index (χ0v) is 11.5. The number of hydrogen-bond donors (Lipinski definition) is 2. The van der Waals surface area contributed by atoms with Gasteiger partial charge in [0.05, 0.1) is 9.89 Å². The van der Waals surface area contributed by atoms with Crippen molar-refractivity contribution in [3.8, 4) is 0 Å². The Morgan fingerprint density at radius 3 is 2.41 bits per heavy atom. The van der Waals surface area contributed by atoms with Gasteiger partial charge in [0, 0.05) is 5.69 Å². The highest BCUT2D eigenvalue weighted by Gasteiger charge is 2.24. The molecule has 0 unspecified atom stereocenters. The maximum Gasteiger partial charge on any atom is 0.335 e. The van der Waals surface area contributed by atoms with Crippen LogP contribution in [-0.4, -0.2) is 21.3 Å². The van der Waals surface area contributed by atoms with Gasteiger partial charge in [0.1, 0.15) is 0 Å². The van der Waals surface area contributed by atoms with Crippen LogP contribution in [0.3, 0.4) is 0 Å². The van der Waals surface area contributed by atoms with Crippen LogP contribution in [0.2, 0.25) is 0 Å². The molecule has 4 nitrogen and oxygen atoms in total. The van der Waals surface area contributed by atoms with Gasteiger partial charge in [-0.1, -0.05) is 22.0 Å². The number of hydrogen-bond acceptors (Lipinski definition) is 2. The predicted octanol–water partition coefficient (Wildman–Crippen LogP) is 2.81. The average molecular weight is 300 g/mol. The minimum Gasteiger partial charge on any atom is -0.478 e. The molecule has 0 saturated heterocycles. The number of carbonyl (C=O) groups is 2. The molecule has 0 atom stereocenters. The van der Waals surface area contributed by atoms with E-state index in [9.17, 15) is 9.59 Å². The van der Waals surface area contributed by atoms with Crippen LogP contribution < -0.4 is 5.32 Å². The molecule has 17 heavy (non-hydrogen) atoms. The highest BCUT2D eigenvalue weighted by molar-refractivity contribution is 9.10. The number of rotatable bonds is 3. The van der Waals surface area contributed by atoms with Gasteiger partial charge in [-0.15, -0.1) is 0 Å². The topological polar surface area (TPSA) is 66.4 Å². The van der Waals surface area contributed by atoms with E-state index in [2.05, 4.69) is 21.2 Å². The second-order valence-corrected chi connectivity index (χ2v) is 6.24. The molecule has 0 saturated carbocycles. The number of benzene rings is 1. The highest BCUT2D eigenvalue weighted by Crippen LogP contribution is 2.22. The van der Waals surface area contributed by atoms with Crippen LogP contribution in [0.4, 0.5) is 5.69 Å². The van der Waals surface area contributed by atoms with Crippen molar-refractivity contribution in [3.05, 3.63) is 29.3 Å². The minimum absolute atomic E-state index is 0.151. The smallest absolute Gasteiger partial charge is 0.335 e. The van der Waals surface area contributed by atoms with Gasteiger partial charge in [-0.2, -0.15) is 0 Å². The average Bonchev–Trinajstić information content (AvgIpc) is 2.19. The molecule has 0 spiro atoms. The Balaban J connectivity index is 3.02. The Labute approximate surface area is 108 Å². The first-order chi connectivity index (χ1) is 7.71. The Bertz CT molecular complexity index is 463. The van der Waals surface area contributed by atoms with Crippen molar-refractivity contribution in [2.24, 2.45) is 0 Å². The number of alkyl halides is 1. The van der Waals surface area contributed by atoms with Gasteiger partial charge < -0.3 is 10.4 Å². The Hall–Kier alpha value is -1.36. The summed E-state index contributed by atoms with van der Waals surface area (Å²) >= 11 is 3.25. The van der Waals surface area contributed by atoms with Crippen LogP contribution in [0.5, 0.6) is 0 Å². The number of halogens is 1. The molecule has 2 N–H and O–H groups in total. The normalized spacial score (nSPS) is 11.1. The lowest BCUT2D eigenvalue weighted by Gasteiger charge is -2.17. The minimum atomic E-state index is -1.02. The van der Waals surface area contributed by atoms with E-state index in [1.165, 1.54) is 12.1 Å². The summed E-state index contributed by atoms with van der Waals surface area (Å²) in [5.74, 6) is -1.23. The number of anilines is 1. The van der Waals surface area contributed by atoms with Gasteiger partial charge in [-0.05, 0) is 38.5 Å². The Morgan fingerprint density at radius 2 is 1.94 bits per heavy atom. The number of aromatic carboxylic acids is 1. The number of carboxylic acids is 1. The molecule has 0 aromatic heterocycles. The van der Waals surface area contributed by atoms with E-state index in [4.69, 9.17) is 5.11 Å². The molecular formula is C12H14BrNO3. The lowest BCUT2D eigenvalue weighted by molar-refractivity contribution is -0.117.